The first-order chi connectivity index (χ1) is 7.92. The van der Waals surface area contributed by atoms with E-state index in [1.807, 2.05) is 0 Å². The van der Waals surface area contributed by atoms with Crippen LogP contribution in [0.1, 0.15) is 26.7 Å². The quantitative estimate of drug-likeness (QED) is 0.574. The zero-order valence-electron chi connectivity index (χ0n) is 10.1. The highest BCUT2D eigenvalue weighted by Gasteiger charge is 2.22. The maximum absolute atomic E-state index is 11.6. The molecule has 0 fully saturated rings. The van der Waals surface area contributed by atoms with E-state index in [9.17, 15) is 14.4 Å². The third-order valence-corrected chi connectivity index (χ3v) is 2.33. The van der Waals surface area contributed by atoms with E-state index in [1.54, 1.807) is 13.8 Å². The van der Waals surface area contributed by atoms with E-state index in [2.05, 4.69) is 5.32 Å². The summed E-state index contributed by atoms with van der Waals surface area (Å²) in [7, 11) is 0. The third kappa shape index (κ3) is 5.74. The summed E-state index contributed by atoms with van der Waals surface area (Å²) < 4.78 is 0. The van der Waals surface area contributed by atoms with Crippen molar-refractivity contribution >= 4 is 17.9 Å². The smallest absolute Gasteiger partial charge is 0.326 e. The van der Waals surface area contributed by atoms with Crippen LogP contribution in [0.4, 0.5) is 4.79 Å². The normalized spacial score (nSPS) is 11.6. The zero-order valence-corrected chi connectivity index (χ0v) is 10.1. The van der Waals surface area contributed by atoms with Crippen molar-refractivity contribution in [2.24, 2.45) is 5.73 Å². The lowest BCUT2D eigenvalue weighted by atomic mass is 10.1. The molecule has 0 aliphatic carbocycles. The molecule has 0 bridgehead atoms. The highest BCUT2D eigenvalue weighted by Crippen LogP contribution is 1.99. The number of carboxylic acid groups (broad SMARTS) is 1. The second-order valence-electron chi connectivity index (χ2n) is 3.52. The van der Waals surface area contributed by atoms with Gasteiger partial charge in [-0.15, -0.1) is 0 Å². The van der Waals surface area contributed by atoms with Crippen LogP contribution in [0.2, 0.25) is 0 Å². The number of primary amides is 1. The van der Waals surface area contributed by atoms with Crippen molar-refractivity contribution < 1.29 is 19.5 Å². The van der Waals surface area contributed by atoms with Gasteiger partial charge in [-0.2, -0.15) is 0 Å². The van der Waals surface area contributed by atoms with E-state index in [4.69, 9.17) is 10.8 Å². The molecule has 0 aromatic rings. The molecular weight excluding hydrogens is 226 g/mol. The molecule has 17 heavy (non-hydrogen) atoms. The molecular formula is C10H19N3O4. The third-order valence-electron chi connectivity index (χ3n) is 2.33. The van der Waals surface area contributed by atoms with Crippen LogP contribution in [0.25, 0.3) is 0 Å². The number of nitrogens with two attached hydrogens (primary N) is 1. The van der Waals surface area contributed by atoms with Gasteiger partial charge in [-0.25, -0.2) is 9.59 Å². The first-order valence-electron chi connectivity index (χ1n) is 5.48. The summed E-state index contributed by atoms with van der Waals surface area (Å²) in [5.74, 6) is -1.76. The molecule has 7 heteroatoms. The number of amides is 3. The number of carboxylic acids is 1. The molecule has 0 aliphatic rings. The predicted molar refractivity (Wildman–Crippen MR) is 61.3 cm³/mol. The summed E-state index contributed by atoms with van der Waals surface area (Å²) in [6, 6.07) is -1.54. The molecule has 0 heterocycles. The number of carbonyl (C=O) groups is 3. The van der Waals surface area contributed by atoms with Crippen LogP contribution in [0.15, 0.2) is 0 Å². The van der Waals surface area contributed by atoms with E-state index in [0.717, 1.165) is 0 Å². The molecule has 0 rings (SSSR count). The van der Waals surface area contributed by atoms with Crippen LogP contribution >= 0.6 is 0 Å². The SMILES string of the molecule is CCN(CC)C(=O)N[C@@H](CCC(N)=O)C(=O)O. The summed E-state index contributed by atoms with van der Waals surface area (Å²) in [6.45, 7) is 4.57. The average Bonchev–Trinajstić information content (AvgIpc) is 2.25. The van der Waals surface area contributed by atoms with Gasteiger partial charge in [-0.3, -0.25) is 4.79 Å². The number of nitrogens with one attached hydrogen (secondary N) is 1. The standard InChI is InChI=1S/C10H19N3O4/c1-3-13(4-2)10(17)12-7(9(15)16)5-6-8(11)14/h7H,3-6H2,1-2H3,(H2,11,14)(H,12,17)(H,15,16)/t7-/m0/s1. The fourth-order valence-electron chi connectivity index (χ4n) is 1.30. The van der Waals surface area contributed by atoms with Crippen molar-refractivity contribution in [3.05, 3.63) is 0 Å². The fourth-order valence-corrected chi connectivity index (χ4v) is 1.30. The molecule has 0 saturated heterocycles. The molecule has 0 unspecified atom stereocenters. The Morgan fingerprint density at radius 2 is 1.82 bits per heavy atom. The van der Waals surface area contributed by atoms with Gasteiger partial charge in [-0.05, 0) is 20.3 Å². The Labute approximate surface area is 100.0 Å². The minimum Gasteiger partial charge on any atom is -0.480 e. The molecule has 0 aromatic carbocycles. The maximum atomic E-state index is 11.6. The Balaban J connectivity index is 4.38. The summed E-state index contributed by atoms with van der Waals surface area (Å²) >= 11 is 0. The summed E-state index contributed by atoms with van der Waals surface area (Å²) in [5.41, 5.74) is 4.93. The van der Waals surface area contributed by atoms with Gasteiger partial charge in [0.25, 0.3) is 0 Å². The molecule has 7 nitrogen and oxygen atoms in total. The van der Waals surface area contributed by atoms with Crippen LogP contribution in [0, 0.1) is 0 Å². The van der Waals surface area contributed by atoms with Gasteiger partial charge in [0.05, 0.1) is 0 Å². The van der Waals surface area contributed by atoms with Crippen LogP contribution in [-0.2, 0) is 9.59 Å². The van der Waals surface area contributed by atoms with Gasteiger partial charge in [-0.1, -0.05) is 0 Å². The first kappa shape index (κ1) is 15.2. The molecule has 1 atom stereocenters. The summed E-state index contributed by atoms with van der Waals surface area (Å²) in [6.07, 6.45) is -0.0762. The van der Waals surface area contributed by atoms with Crippen molar-refractivity contribution in [2.45, 2.75) is 32.7 Å². The summed E-state index contributed by atoms with van der Waals surface area (Å²) in [5, 5.41) is 11.2. The fraction of sp³-hybridized carbons (Fsp3) is 0.700. The second kappa shape index (κ2) is 7.48. The van der Waals surface area contributed by atoms with Crippen LogP contribution in [0.3, 0.4) is 0 Å². The van der Waals surface area contributed by atoms with Crippen LogP contribution in [-0.4, -0.2) is 47.0 Å². The van der Waals surface area contributed by atoms with E-state index in [-0.39, 0.29) is 12.8 Å². The predicted octanol–water partition coefficient (Wildman–Crippen LogP) is -0.243. The highest BCUT2D eigenvalue weighted by molar-refractivity contribution is 5.83. The maximum Gasteiger partial charge on any atom is 0.326 e. The molecule has 4 N–H and O–H groups in total. The van der Waals surface area contributed by atoms with Crippen molar-refractivity contribution in [2.75, 3.05) is 13.1 Å². The second-order valence-corrected chi connectivity index (χ2v) is 3.52. The van der Waals surface area contributed by atoms with Gasteiger partial charge < -0.3 is 21.1 Å². The highest BCUT2D eigenvalue weighted by atomic mass is 16.4. The van der Waals surface area contributed by atoms with Crippen molar-refractivity contribution in [1.82, 2.24) is 10.2 Å². The van der Waals surface area contributed by atoms with Crippen LogP contribution in [0.5, 0.6) is 0 Å². The van der Waals surface area contributed by atoms with Gasteiger partial charge in [0.1, 0.15) is 6.04 Å². The monoisotopic (exact) mass is 245 g/mol. The summed E-state index contributed by atoms with van der Waals surface area (Å²) in [4.78, 5) is 34.5. The number of nitrogens with zero attached hydrogens (tertiary/aromatic N) is 1. The number of rotatable bonds is 7. The van der Waals surface area contributed by atoms with E-state index < -0.39 is 23.9 Å². The molecule has 0 radical (unpaired) electrons. The largest absolute Gasteiger partial charge is 0.480 e. The molecule has 0 aliphatic heterocycles. The van der Waals surface area contributed by atoms with Crippen molar-refractivity contribution in [3.8, 4) is 0 Å². The number of aliphatic carboxylic acids is 1. The Kier molecular flexibility index (Phi) is 6.69. The molecule has 98 valence electrons. The van der Waals surface area contributed by atoms with E-state index in [1.165, 1.54) is 4.90 Å². The van der Waals surface area contributed by atoms with Gasteiger partial charge >= 0.3 is 12.0 Å². The molecule has 3 amide bonds. The minimum absolute atomic E-state index is 0.00231. The molecule has 0 saturated carbocycles. The Hall–Kier alpha value is -1.79. The van der Waals surface area contributed by atoms with Gasteiger partial charge in [0.15, 0.2) is 0 Å². The molecule has 0 spiro atoms. The van der Waals surface area contributed by atoms with Gasteiger partial charge in [0, 0.05) is 19.5 Å². The van der Waals surface area contributed by atoms with Crippen molar-refractivity contribution in [3.63, 3.8) is 0 Å². The Morgan fingerprint density at radius 1 is 1.29 bits per heavy atom. The minimum atomic E-state index is -1.17. The zero-order chi connectivity index (χ0) is 13.4. The first-order valence-corrected chi connectivity index (χ1v) is 5.48. The van der Waals surface area contributed by atoms with E-state index >= 15 is 0 Å². The Bertz CT molecular complexity index is 289. The molecule has 0 aromatic heterocycles. The van der Waals surface area contributed by atoms with Crippen LogP contribution < -0.4 is 11.1 Å². The van der Waals surface area contributed by atoms with Gasteiger partial charge in [0.2, 0.25) is 5.91 Å². The lowest BCUT2D eigenvalue weighted by Gasteiger charge is -2.22. The lowest BCUT2D eigenvalue weighted by Crippen LogP contribution is -2.48. The number of urea groups is 1. The average molecular weight is 245 g/mol. The Morgan fingerprint density at radius 3 is 2.18 bits per heavy atom. The van der Waals surface area contributed by atoms with Crippen molar-refractivity contribution in [1.29, 1.82) is 0 Å². The van der Waals surface area contributed by atoms with E-state index in [0.29, 0.717) is 13.1 Å². The lowest BCUT2D eigenvalue weighted by molar-refractivity contribution is -0.139. The number of hydrogen-bond donors (Lipinski definition) is 3. The number of hydrogen-bond acceptors (Lipinski definition) is 3. The topological polar surface area (TPSA) is 113 Å². The number of carbonyl (C=O) groups excluding carboxylic acids is 2.